The number of amides is 1. The van der Waals surface area contributed by atoms with Crippen LogP contribution in [0.5, 0.6) is 5.88 Å². The van der Waals surface area contributed by atoms with Gasteiger partial charge in [-0.15, -0.1) is 5.10 Å². The lowest BCUT2D eigenvalue weighted by Gasteiger charge is -2.34. The van der Waals surface area contributed by atoms with Gasteiger partial charge in [0.1, 0.15) is 5.82 Å². The molecule has 5 rings (SSSR count). The molecule has 1 saturated carbocycles. The fraction of sp³-hybridized carbons (Fsp3) is 0.483. The van der Waals surface area contributed by atoms with E-state index in [2.05, 4.69) is 21.7 Å². The third-order valence-electron chi connectivity index (χ3n) is 8.19. The van der Waals surface area contributed by atoms with Crippen LogP contribution in [0.2, 0.25) is 0 Å². The van der Waals surface area contributed by atoms with E-state index >= 15 is 4.39 Å². The van der Waals surface area contributed by atoms with Crippen LogP contribution in [0.25, 0.3) is 5.82 Å². The number of aromatic nitrogens is 3. The van der Waals surface area contributed by atoms with Gasteiger partial charge in [0.05, 0.1) is 23.1 Å². The number of hydrogen-bond donors (Lipinski definition) is 1. The lowest BCUT2D eigenvalue weighted by Crippen LogP contribution is -2.41. The molecule has 226 valence electrons. The molecule has 42 heavy (non-hydrogen) atoms. The summed E-state index contributed by atoms with van der Waals surface area (Å²) in [4.78, 5) is 19.8. The summed E-state index contributed by atoms with van der Waals surface area (Å²) in [6.45, 7) is 7.42. The first-order valence-electron chi connectivity index (χ1n) is 13.8. The van der Waals surface area contributed by atoms with Crippen LogP contribution >= 0.6 is 0 Å². The molecular formula is C29H34F3N5O4S. The number of sulfonamides is 1. The second kappa shape index (κ2) is 10.6. The largest absolute Gasteiger partial charge is 0.476 e. The molecule has 1 aliphatic heterocycles. The van der Waals surface area contributed by atoms with Crippen LogP contribution in [-0.2, 0) is 10.0 Å². The van der Waals surface area contributed by atoms with Crippen molar-refractivity contribution in [1.29, 1.82) is 0 Å². The van der Waals surface area contributed by atoms with Crippen molar-refractivity contribution in [2.75, 3.05) is 18.1 Å². The smallest absolute Gasteiger partial charge is 0.268 e. The maximum Gasteiger partial charge on any atom is 0.268 e. The second-order valence-electron chi connectivity index (χ2n) is 12.0. The van der Waals surface area contributed by atoms with E-state index in [0.29, 0.717) is 19.4 Å². The lowest BCUT2D eigenvalue weighted by molar-refractivity contribution is -0.0618. The predicted octanol–water partition coefficient (Wildman–Crippen LogP) is 5.35. The number of carbonyl (C=O) groups is 1. The summed E-state index contributed by atoms with van der Waals surface area (Å²) in [7, 11) is -4.16. The molecular weight excluding hydrogens is 571 g/mol. The van der Waals surface area contributed by atoms with E-state index in [1.807, 2.05) is 18.7 Å². The average Bonchev–Trinajstić information content (AvgIpc) is 3.54. The zero-order valence-corrected chi connectivity index (χ0v) is 24.7. The van der Waals surface area contributed by atoms with Crippen LogP contribution in [0, 0.1) is 17.3 Å². The Bertz CT molecular complexity index is 1580. The van der Waals surface area contributed by atoms with Gasteiger partial charge >= 0.3 is 0 Å². The molecule has 0 bridgehead atoms. The Hall–Kier alpha value is -3.61. The fourth-order valence-electron chi connectivity index (χ4n) is 5.71. The molecule has 2 aromatic heterocycles. The highest BCUT2D eigenvalue weighted by atomic mass is 32.2. The molecule has 1 aromatic carbocycles. The van der Waals surface area contributed by atoms with Gasteiger partial charge < -0.3 is 9.64 Å². The number of nitrogens with zero attached hydrogens (tertiary/aromatic N) is 4. The Morgan fingerprint density at radius 1 is 1.17 bits per heavy atom. The van der Waals surface area contributed by atoms with E-state index in [4.69, 9.17) is 4.74 Å². The summed E-state index contributed by atoms with van der Waals surface area (Å²) in [6, 6.07) is 11.3. The predicted molar refractivity (Wildman–Crippen MR) is 150 cm³/mol. The first kappa shape index (κ1) is 29.9. The summed E-state index contributed by atoms with van der Waals surface area (Å²) in [5, 5.41) is 4.13. The van der Waals surface area contributed by atoms with E-state index in [1.165, 1.54) is 24.3 Å². The normalized spacial score (nSPS) is 19.5. The number of halogens is 3. The van der Waals surface area contributed by atoms with Crippen LogP contribution in [0.1, 0.15) is 63.7 Å². The van der Waals surface area contributed by atoms with Crippen molar-refractivity contribution >= 4 is 21.7 Å². The van der Waals surface area contributed by atoms with Crippen molar-refractivity contribution < 1.29 is 31.1 Å². The number of rotatable bonds is 10. The van der Waals surface area contributed by atoms with Gasteiger partial charge in [-0.1, -0.05) is 25.1 Å². The Kier molecular flexibility index (Phi) is 7.53. The van der Waals surface area contributed by atoms with Crippen LogP contribution in [0.3, 0.4) is 0 Å². The van der Waals surface area contributed by atoms with Gasteiger partial charge in [-0.2, -0.15) is 9.07 Å². The highest BCUT2D eigenvalue weighted by Crippen LogP contribution is 2.59. The highest BCUT2D eigenvalue weighted by molar-refractivity contribution is 7.90. The van der Waals surface area contributed by atoms with E-state index < -0.39 is 38.8 Å². The minimum Gasteiger partial charge on any atom is -0.476 e. The second-order valence-corrected chi connectivity index (χ2v) is 13.7. The quantitative estimate of drug-likeness (QED) is 0.332. The van der Waals surface area contributed by atoms with E-state index in [0.717, 1.165) is 24.1 Å². The number of alkyl halides is 2. The standard InChI is InChI=1S/C29H34F3N5O4S/c1-19-17-27(2,3)36(18-19)25-21(26(38)35-42(39,40)20-8-6-5-7-9-20)10-11-23(33-25)37-22(30)16-24(34-37)41-15-14-29(12-13-29)28(4,31)32/h5-11,16,19H,12-15,17-18H2,1-4H3,(H,35,38)/t19-/m0/s1. The molecule has 1 N–H and O–H groups in total. The fourth-order valence-corrected chi connectivity index (χ4v) is 6.70. The summed E-state index contributed by atoms with van der Waals surface area (Å²) in [5.74, 6) is -4.12. The van der Waals surface area contributed by atoms with Gasteiger partial charge in [0.2, 0.25) is 11.8 Å². The van der Waals surface area contributed by atoms with Gasteiger partial charge in [-0.3, -0.25) is 4.79 Å². The topological polar surface area (TPSA) is 106 Å². The van der Waals surface area contributed by atoms with Crippen molar-refractivity contribution in [3.8, 4) is 11.7 Å². The number of anilines is 1. The Balaban J connectivity index is 1.44. The van der Waals surface area contributed by atoms with Crippen molar-refractivity contribution in [2.45, 2.75) is 69.7 Å². The molecule has 1 aliphatic carbocycles. The zero-order valence-electron chi connectivity index (χ0n) is 23.9. The summed E-state index contributed by atoms with van der Waals surface area (Å²) < 4.78 is 77.1. The molecule has 1 atom stereocenters. The van der Waals surface area contributed by atoms with Crippen molar-refractivity contribution in [3.63, 3.8) is 0 Å². The number of carbonyl (C=O) groups excluding carboxylic acids is 1. The maximum absolute atomic E-state index is 15.0. The van der Waals surface area contributed by atoms with Crippen molar-refractivity contribution in [3.05, 3.63) is 60.0 Å². The van der Waals surface area contributed by atoms with Crippen molar-refractivity contribution in [1.82, 2.24) is 19.5 Å². The molecule has 1 saturated heterocycles. The molecule has 2 aliphatic rings. The molecule has 9 nitrogen and oxygen atoms in total. The van der Waals surface area contributed by atoms with Crippen LogP contribution < -0.4 is 14.4 Å². The minimum absolute atomic E-state index is 0.000283. The molecule has 13 heteroatoms. The molecule has 3 heterocycles. The van der Waals surface area contributed by atoms with E-state index in [9.17, 15) is 22.0 Å². The van der Waals surface area contributed by atoms with Gasteiger partial charge in [0, 0.05) is 17.5 Å². The number of benzene rings is 1. The molecule has 0 unspecified atom stereocenters. The SMILES string of the molecule is C[C@@H]1CN(c2nc(-n3nc(OCCC4(C(C)(F)F)CC4)cc3F)ccc2C(=O)NS(=O)(=O)c2ccccc2)C(C)(C)C1. The molecule has 3 aromatic rings. The minimum atomic E-state index is -4.16. The number of nitrogens with one attached hydrogen (secondary N) is 1. The lowest BCUT2D eigenvalue weighted by atomic mass is 9.96. The molecule has 2 fully saturated rings. The Morgan fingerprint density at radius 3 is 2.45 bits per heavy atom. The molecule has 0 spiro atoms. The third kappa shape index (κ3) is 5.83. The monoisotopic (exact) mass is 605 g/mol. The number of pyridine rings is 1. The third-order valence-corrected chi connectivity index (χ3v) is 9.54. The van der Waals surface area contributed by atoms with Gasteiger partial charge in [-0.05, 0) is 76.6 Å². The number of hydrogen-bond acceptors (Lipinski definition) is 7. The van der Waals surface area contributed by atoms with Gasteiger partial charge in [0.25, 0.3) is 21.9 Å². The van der Waals surface area contributed by atoms with Crippen LogP contribution in [0.15, 0.2) is 53.4 Å². The summed E-state index contributed by atoms with van der Waals surface area (Å²) in [6.07, 6.45) is 1.72. The van der Waals surface area contributed by atoms with Crippen LogP contribution in [-0.4, -0.2) is 53.7 Å². The summed E-state index contributed by atoms with van der Waals surface area (Å²) >= 11 is 0. The maximum atomic E-state index is 15.0. The highest BCUT2D eigenvalue weighted by Gasteiger charge is 2.58. The summed E-state index contributed by atoms with van der Waals surface area (Å²) in [5.41, 5.74) is -1.52. The van der Waals surface area contributed by atoms with E-state index in [-0.39, 0.29) is 46.9 Å². The Morgan fingerprint density at radius 2 is 1.86 bits per heavy atom. The van der Waals surface area contributed by atoms with E-state index in [1.54, 1.807) is 18.2 Å². The first-order chi connectivity index (χ1) is 19.6. The van der Waals surface area contributed by atoms with Crippen molar-refractivity contribution in [2.24, 2.45) is 11.3 Å². The number of ether oxygens (including phenoxy) is 1. The van der Waals surface area contributed by atoms with Gasteiger partial charge in [0.15, 0.2) is 5.82 Å². The first-order valence-corrected chi connectivity index (χ1v) is 15.3. The molecule has 1 amide bonds. The Labute approximate surface area is 243 Å². The average molecular weight is 606 g/mol. The zero-order chi connectivity index (χ0) is 30.5. The van der Waals surface area contributed by atoms with Gasteiger partial charge in [-0.25, -0.2) is 26.9 Å². The van der Waals surface area contributed by atoms with Crippen LogP contribution in [0.4, 0.5) is 19.0 Å². The molecule has 0 radical (unpaired) electrons.